The van der Waals surface area contributed by atoms with Crippen LogP contribution in [0.3, 0.4) is 0 Å². The molecule has 0 bridgehead atoms. The molecule has 0 fully saturated rings. The molecule has 0 aromatic carbocycles. The number of hydrogen-bond acceptors (Lipinski definition) is 4. The summed E-state index contributed by atoms with van der Waals surface area (Å²) >= 11 is 0. The van der Waals surface area contributed by atoms with Crippen LogP contribution in [-0.4, -0.2) is 19.4 Å². The van der Waals surface area contributed by atoms with Crippen LogP contribution in [0.25, 0.3) is 0 Å². The monoisotopic (exact) mass is 184 g/mol. The van der Waals surface area contributed by atoms with Crippen molar-refractivity contribution in [2.75, 3.05) is 7.05 Å². The zero-order chi connectivity index (χ0) is 10.1. The van der Waals surface area contributed by atoms with E-state index in [0.717, 1.165) is 11.9 Å². The van der Waals surface area contributed by atoms with Crippen molar-refractivity contribution in [3.8, 4) is 0 Å². The van der Waals surface area contributed by atoms with Crippen LogP contribution in [0, 0.1) is 5.41 Å². The summed E-state index contributed by atoms with van der Waals surface area (Å²) in [5.74, 6) is 0. The molecule has 0 aliphatic heterocycles. The van der Waals surface area contributed by atoms with Crippen LogP contribution < -0.4 is 16.5 Å². The predicted molar refractivity (Wildman–Crippen MR) is 52.9 cm³/mol. The maximum absolute atomic E-state index is 6.89. The lowest BCUT2D eigenvalue weighted by Crippen LogP contribution is -2.27. The summed E-state index contributed by atoms with van der Waals surface area (Å²) in [6.07, 6.45) is 5.85. The minimum Gasteiger partial charge on any atom is -0.417 e. The van der Waals surface area contributed by atoms with Crippen molar-refractivity contribution in [1.82, 2.24) is 10.8 Å². The molecule has 0 aliphatic rings. The van der Waals surface area contributed by atoms with E-state index in [-0.39, 0.29) is 6.04 Å². The molecule has 0 aromatic rings. The second-order valence-electron chi connectivity index (χ2n) is 2.35. The maximum Gasteiger partial charge on any atom is 0.109 e. The van der Waals surface area contributed by atoms with Gasteiger partial charge in [-0.25, -0.2) is 0 Å². The van der Waals surface area contributed by atoms with Crippen molar-refractivity contribution in [1.29, 1.82) is 5.41 Å². The smallest absolute Gasteiger partial charge is 0.109 e. The minimum absolute atomic E-state index is 0.101. The second-order valence-corrected chi connectivity index (χ2v) is 2.35. The van der Waals surface area contributed by atoms with Gasteiger partial charge in [-0.3, -0.25) is 5.41 Å². The molecule has 0 aromatic heterocycles. The highest BCUT2D eigenvalue weighted by atomic mass is 16.6. The van der Waals surface area contributed by atoms with E-state index in [1.165, 1.54) is 12.5 Å². The van der Waals surface area contributed by atoms with Gasteiger partial charge < -0.3 is 15.9 Å². The molecular formula is C8H16N4O. The van der Waals surface area contributed by atoms with Crippen LogP contribution in [0.2, 0.25) is 0 Å². The number of nitrogens with two attached hydrogens (primary N) is 1. The normalized spacial score (nSPS) is 14.2. The van der Waals surface area contributed by atoms with Crippen molar-refractivity contribution in [2.45, 2.75) is 13.0 Å². The molecular weight excluding hydrogens is 168 g/mol. The number of hydroxylamine groups is 1. The van der Waals surface area contributed by atoms with E-state index in [2.05, 4.69) is 10.8 Å². The molecule has 5 N–H and O–H groups in total. The average molecular weight is 184 g/mol. The Bertz CT molecular complexity index is 200. The van der Waals surface area contributed by atoms with Gasteiger partial charge in [-0.05, 0) is 24.8 Å². The fraction of sp³-hybridized carbons (Fsp3) is 0.375. The molecule has 0 heterocycles. The van der Waals surface area contributed by atoms with Gasteiger partial charge in [0.2, 0.25) is 0 Å². The minimum atomic E-state index is -0.101. The van der Waals surface area contributed by atoms with E-state index in [4.69, 9.17) is 16.0 Å². The SMILES string of the molecule is CNO/C=C/C(NC=N)/C(C)=C/N. The molecule has 0 spiro atoms. The van der Waals surface area contributed by atoms with E-state index in [0.29, 0.717) is 0 Å². The fourth-order valence-electron chi connectivity index (χ4n) is 0.718. The number of rotatable bonds is 6. The van der Waals surface area contributed by atoms with Crippen molar-refractivity contribution in [2.24, 2.45) is 5.73 Å². The first-order chi connectivity index (χ1) is 6.26. The molecule has 5 nitrogen and oxygen atoms in total. The first-order valence-corrected chi connectivity index (χ1v) is 3.88. The Morgan fingerprint density at radius 3 is 2.77 bits per heavy atom. The van der Waals surface area contributed by atoms with Crippen LogP contribution in [0.4, 0.5) is 0 Å². The maximum atomic E-state index is 6.89. The van der Waals surface area contributed by atoms with E-state index < -0.39 is 0 Å². The molecule has 0 saturated heterocycles. The van der Waals surface area contributed by atoms with Crippen LogP contribution in [-0.2, 0) is 4.84 Å². The quantitative estimate of drug-likeness (QED) is 0.204. The zero-order valence-electron chi connectivity index (χ0n) is 7.87. The first-order valence-electron chi connectivity index (χ1n) is 3.88. The highest BCUT2D eigenvalue weighted by molar-refractivity contribution is 5.52. The Hall–Kier alpha value is -1.49. The van der Waals surface area contributed by atoms with Gasteiger partial charge in [0.1, 0.15) is 6.26 Å². The van der Waals surface area contributed by atoms with Crippen LogP contribution in [0.15, 0.2) is 24.1 Å². The third kappa shape index (κ3) is 4.86. The number of hydrogen-bond donors (Lipinski definition) is 4. The first kappa shape index (κ1) is 11.5. The largest absolute Gasteiger partial charge is 0.417 e. The Morgan fingerprint density at radius 1 is 1.62 bits per heavy atom. The molecule has 13 heavy (non-hydrogen) atoms. The molecule has 1 unspecified atom stereocenters. The Morgan fingerprint density at radius 2 is 2.31 bits per heavy atom. The van der Waals surface area contributed by atoms with Gasteiger partial charge in [0.25, 0.3) is 0 Å². The zero-order valence-corrected chi connectivity index (χ0v) is 7.87. The second kappa shape index (κ2) is 7.17. The van der Waals surface area contributed by atoms with E-state index >= 15 is 0 Å². The van der Waals surface area contributed by atoms with Crippen LogP contribution in [0.1, 0.15) is 6.92 Å². The Kier molecular flexibility index (Phi) is 6.35. The van der Waals surface area contributed by atoms with Crippen LogP contribution in [0.5, 0.6) is 0 Å². The van der Waals surface area contributed by atoms with E-state index in [1.807, 2.05) is 6.92 Å². The fourth-order valence-corrected chi connectivity index (χ4v) is 0.718. The van der Waals surface area contributed by atoms with Gasteiger partial charge in [-0.1, -0.05) is 0 Å². The molecule has 0 rings (SSSR count). The van der Waals surface area contributed by atoms with Crippen molar-refractivity contribution in [3.63, 3.8) is 0 Å². The Balaban J connectivity index is 4.16. The summed E-state index contributed by atoms with van der Waals surface area (Å²) in [4.78, 5) is 4.79. The highest BCUT2D eigenvalue weighted by Gasteiger charge is 2.02. The standard InChI is InChI=1S/C8H16N4O/c1-7(5-9)8(12-6-10)3-4-13-11-2/h3-6,8,11H,9H2,1-2H3,(H2,10,12)/b4-3+,7-5+. The summed E-state index contributed by atoms with van der Waals surface area (Å²) in [5.41, 5.74) is 8.76. The Labute approximate surface area is 78.1 Å². The molecule has 1 atom stereocenters. The summed E-state index contributed by atoms with van der Waals surface area (Å²) < 4.78 is 0. The molecule has 0 radical (unpaired) electrons. The topological polar surface area (TPSA) is 83.2 Å². The molecule has 0 amide bonds. The number of nitrogens with one attached hydrogen (secondary N) is 3. The summed E-state index contributed by atoms with van der Waals surface area (Å²) in [7, 11) is 1.66. The summed E-state index contributed by atoms with van der Waals surface area (Å²) in [6.45, 7) is 1.87. The third-order valence-electron chi connectivity index (χ3n) is 1.47. The van der Waals surface area contributed by atoms with Gasteiger partial charge >= 0.3 is 0 Å². The van der Waals surface area contributed by atoms with Gasteiger partial charge in [0, 0.05) is 7.05 Å². The van der Waals surface area contributed by atoms with Gasteiger partial charge in [0.05, 0.1) is 12.4 Å². The predicted octanol–water partition coefficient (Wildman–Crippen LogP) is 0.0789. The summed E-state index contributed by atoms with van der Waals surface area (Å²) in [6, 6.07) is -0.101. The molecule has 74 valence electrons. The van der Waals surface area contributed by atoms with Crippen molar-refractivity contribution in [3.05, 3.63) is 24.1 Å². The lowest BCUT2D eigenvalue weighted by Gasteiger charge is -2.11. The molecule has 0 saturated carbocycles. The van der Waals surface area contributed by atoms with Gasteiger partial charge in [0.15, 0.2) is 0 Å². The molecule has 5 heteroatoms. The van der Waals surface area contributed by atoms with E-state index in [9.17, 15) is 0 Å². The molecule has 0 aliphatic carbocycles. The van der Waals surface area contributed by atoms with Crippen molar-refractivity contribution < 1.29 is 4.84 Å². The summed E-state index contributed by atoms with van der Waals surface area (Å²) in [5, 5.41) is 9.68. The van der Waals surface area contributed by atoms with Crippen LogP contribution >= 0.6 is 0 Å². The lowest BCUT2D eigenvalue weighted by atomic mass is 10.1. The van der Waals surface area contributed by atoms with Gasteiger partial charge in [-0.15, -0.1) is 0 Å². The third-order valence-corrected chi connectivity index (χ3v) is 1.47. The highest BCUT2D eigenvalue weighted by Crippen LogP contribution is 2.00. The van der Waals surface area contributed by atoms with Gasteiger partial charge in [-0.2, -0.15) is 5.48 Å². The average Bonchev–Trinajstić information content (AvgIpc) is 2.16. The lowest BCUT2D eigenvalue weighted by molar-refractivity contribution is 0.157. The van der Waals surface area contributed by atoms with E-state index in [1.54, 1.807) is 13.1 Å². The van der Waals surface area contributed by atoms with Crippen molar-refractivity contribution >= 4 is 6.34 Å².